The van der Waals surface area contributed by atoms with Crippen LogP contribution in [0.1, 0.15) is 233 Å². The summed E-state index contributed by atoms with van der Waals surface area (Å²) in [6.07, 6.45) is 60.2. The largest absolute Gasteiger partial charge is 0.462 e. The van der Waals surface area contributed by atoms with E-state index in [-0.39, 0.29) is 31.1 Å². The minimum Gasteiger partial charge on any atom is -0.462 e. The molecule has 0 radical (unpaired) electrons. The van der Waals surface area contributed by atoms with Crippen LogP contribution in [-0.4, -0.2) is 37.2 Å². The standard InChI is InChI=1S/C54H92O6/c1-4-7-10-13-16-19-22-25-26-27-28-30-32-35-38-41-44-47-53(56)59-50-51(49-58-52(55)46-43-40-37-34-31-24-21-18-15-12-9-6-3)60-54(57)48-45-42-39-36-33-29-23-20-17-14-11-8-5-2/h7,10,13,16,19,22,25-28,30,32,51H,4-6,8-9,11-12,14-15,17-18,20-21,23-24,29,31,33-50H2,1-3H3/b10-7-,16-13-,22-19-,26-25-,28-27+,32-30-. The van der Waals surface area contributed by atoms with Crippen molar-refractivity contribution in [2.75, 3.05) is 13.2 Å². The number of ether oxygens (including phenoxy) is 3. The smallest absolute Gasteiger partial charge is 0.306 e. The van der Waals surface area contributed by atoms with E-state index in [1.165, 1.54) is 122 Å². The summed E-state index contributed by atoms with van der Waals surface area (Å²) in [6.45, 7) is 6.45. The first-order valence-electron chi connectivity index (χ1n) is 25.0. The Morgan fingerprint density at radius 3 is 1.02 bits per heavy atom. The number of allylic oxidation sites excluding steroid dienone is 12. The average molecular weight is 837 g/mol. The van der Waals surface area contributed by atoms with Gasteiger partial charge in [0.2, 0.25) is 0 Å². The molecule has 0 saturated heterocycles. The molecule has 0 aliphatic heterocycles. The third kappa shape index (κ3) is 45.9. The molecular weight excluding hydrogens is 745 g/mol. The van der Waals surface area contributed by atoms with Crippen LogP contribution in [-0.2, 0) is 28.6 Å². The van der Waals surface area contributed by atoms with Crippen LogP contribution in [0.25, 0.3) is 0 Å². The molecule has 0 bridgehead atoms. The van der Waals surface area contributed by atoms with E-state index in [1.807, 2.05) is 60.8 Å². The molecule has 0 aromatic carbocycles. The van der Waals surface area contributed by atoms with Crippen molar-refractivity contribution in [2.45, 2.75) is 239 Å². The van der Waals surface area contributed by atoms with Crippen molar-refractivity contribution in [3.8, 4) is 0 Å². The molecule has 0 N–H and O–H groups in total. The van der Waals surface area contributed by atoms with Crippen molar-refractivity contribution in [3.63, 3.8) is 0 Å². The Hall–Kier alpha value is -3.15. The van der Waals surface area contributed by atoms with Crippen LogP contribution in [0.2, 0.25) is 0 Å². The molecule has 0 aromatic heterocycles. The normalized spacial score (nSPS) is 12.7. The zero-order valence-corrected chi connectivity index (χ0v) is 39.2. The molecule has 0 fully saturated rings. The number of hydrogen-bond donors (Lipinski definition) is 0. The lowest BCUT2D eigenvalue weighted by Gasteiger charge is -2.18. The van der Waals surface area contributed by atoms with Crippen LogP contribution < -0.4 is 0 Å². The van der Waals surface area contributed by atoms with Gasteiger partial charge < -0.3 is 14.2 Å². The van der Waals surface area contributed by atoms with E-state index in [2.05, 4.69) is 32.9 Å². The summed E-state index contributed by atoms with van der Waals surface area (Å²) in [6, 6.07) is 0. The molecule has 344 valence electrons. The minimum absolute atomic E-state index is 0.0870. The number of unbranched alkanes of at least 4 members (excludes halogenated alkanes) is 26. The van der Waals surface area contributed by atoms with Crippen molar-refractivity contribution in [1.82, 2.24) is 0 Å². The van der Waals surface area contributed by atoms with Gasteiger partial charge in [0.25, 0.3) is 0 Å². The summed E-state index contributed by atoms with van der Waals surface area (Å²) < 4.78 is 16.7. The lowest BCUT2D eigenvalue weighted by atomic mass is 10.0. The summed E-state index contributed by atoms with van der Waals surface area (Å²) in [5.74, 6) is -0.929. The summed E-state index contributed by atoms with van der Waals surface area (Å²) in [7, 11) is 0. The molecule has 0 aromatic rings. The van der Waals surface area contributed by atoms with Gasteiger partial charge in [0.15, 0.2) is 6.10 Å². The van der Waals surface area contributed by atoms with Gasteiger partial charge in [0.05, 0.1) is 0 Å². The van der Waals surface area contributed by atoms with Crippen LogP contribution in [0.3, 0.4) is 0 Å². The molecule has 60 heavy (non-hydrogen) atoms. The monoisotopic (exact) mass is 837 g/mol. The quantitative estimate of drug-likeness (QED) is 0.0263. The predicted octanol–water partition coefficient (Wildman–Crippen LogP) is 16.3. The number of carbonyl (C=O) groups excluding carboxylic acids is 3. The summed E-state index contributed by atoms with van der Waals surface area (Å²) in [5.41, 5.74) is 0. The summed E-state index contributed by atoms with van der Waals surface area (Å²) >= 11 is 0. The van der Waals surface area contributed by atoms with Gasteiger partial charge in [0.1, 0.15) is 13.2 Å². The first-order chi connectivity index (χ1) is 29.5. The molecule has 0 rings (SSSR count). The minimum atomic E-state index is -0.789. The van der Waals surface area contributed by atoms with Crippen molar-refractivity contribution in [3.05, 3.63) is 72.9 Å². The second-order valence-electron chi connectivity index (χ2n) is 16.5. The van der Waals surface area contributed by atoms with Gasteiger partial charge in [-0.25, -0.2) is 0 Å². The number of hydrogen-bond acceptors (Lipinski definition) is 6. The van der Waals surface area contributed by atoms with E-state index in [0.29, 0.717) is 19.3 Å². The summed E-state index contributed by atoms with van der Waals surface area (Å²) in [5, 5.41) is 0. The van der Waals surface area contributed by atoms with E-state index >= 15 is 0 Å². The zero-order valence-electron chi connectivity index (χ0n) is 39.2. The van der Waals surface area contributed by atoms with Crippen molar-refractivity contribution in [2.24, 2.45) is 0 Å². The van der Waals surface area contributed by atoms with E-state index in [1.54, 1.807) is 0 Å². The van der Waals surface area contributed by atoms with Gasteiger partial charge in [-0.15, -0.1) is 0 Å². The van der Waals surface area contributed by atoms with Crippen LogP contribution in [0, 0.1) is 0 Å². The van der Waals surface area contributed by atoms with E-state index in [4.69, 9.17) is 14.2 Å². The van der Waals surface area contributed by atoms with Crippen LogP contribution in [0.4, 0.5) is 0 Å². The van der Waals surface area contributed by atoms with E-state index in [9.17, 15) is 14.4 Å². The Morgan fingerprint density at radius 1 is 0.350 bits per heavy atom. The molecule has 1 unspecified atom stereocenters. The molecule has 6 heteroatoms. The molecule has 0 heterocycles. The average Bonchev–Trinajstić information content (AvgIpc) is 3.24. The van der Waals surface area contributed by atoms with Gasteiger partial charge in [-0.3, -0.25) is 14.4 Å². The maximum Gasteiger partial charge on any atom is 0.306 e. The highest BCUT2D eigenvalue weighted by Gasteiger charge is 2.19. The number of rotatable bonds is 44. The lowest BCUT2D eigenvalue weighted by Crippen LogP contribution is -2.30. The SMILES string of the molecule is CC\C=C/C=C\C=C/C=C\C=C\C=C/CCCCCC(=O)OCC(COC(=O)CCCCCCCCCCCCCC)OC(=O)CCCCCCCCCCCCCCC. The Bertz CT molecular complexity index is 1140. The molecule has 0 amide bonds. The fourth-order valence-corrected chi connectivity index (χ4v) is 6.89. The van der Waals surface area contributed by atoms with Crippen LogP contribution >= 0.6 is 0 Å². The Balaban J connectivity index is 4.46. The fraction of sp³-hybridized carbons (Fsp3) is 0.722. The number of esters is 3. The third-order valence-electron chi connectivity index (χ3n) is 10.6. The van der Waals surface area contributed by atoms with Crippen LogP contribution in [0.5, 0.6) is 0 Å². The maximum atomic E-state index is 12.8. The van der Waals surface area contributed by atoms with Gasteiger partial charge in [-0.2, -0.15) is 0 Å². The van der Waals surface area contributed by atoms with Gasteiger partial charge in [-0.1, -0.05) is 248 Å². The van der Waals surface area contributed by atoms with Crippen molar-refractivity contribution in [1.29, 1.82) is 0 Å². The second-order valence-corrected chi connectivity index (χ2v) is 16.5. The Morgan fingerprint density at radius 2 is 0.650 bits per heavy atom. The maximum absolute atomic E-state index is 12.8. The van der Waals surface area contributed by atoms with E-state index < -0.39 is 6.10 Å². The lowest BCUT2D eigenvalue weighted by molar-refractivity contribution is -0.167. The van der Waals surface area contributed by atoms with Gasteiger partial charge >= 0.3 is 17.9 Å². The molecule has 0 saturated carbocycles. The summed E-state index contributed by atoms with van der Waals surface area (Å²) in [4.78, 5) is 37.9. The van der Waals surface area contributed by atoms with Gasteiger partial charge in [0, 0.05) is 19.3 Å². The first-order valence-corrected chi connectivity index (χ1v) is 25.0. The second kappa shape index (κ2) is 48.5. The molecule has 0 spiro atoms. The third-order valence-corrected chi connectivity index (χ3v) is 10.6. The Kier molecular flexibility index (Phi) is 46.0. The van der Waals surface area contributed by atoms with Crippen molar-refractivity contribution >= 4 is 17.9 Å². The topological polar surface area (TPSA) is 78.9 Å². The Labute approximate surface area is 370 Å². The molecular formula is C54H92O6. The van der Waals surface area contributed by atoms with Crippen molar-refractivity contribution < 1.29 is 28.6 Å². The highest BCUT2D eigenvalue weighted by molar-refractivity contribution is 5.71. The predicted molar refractivity (Wildman–Crippen MR) is 256 cm³/mol. The first kappa shape index (κ1) is 56.9. The van der Waals surface area contributed by atoms with E-state index in [0.717, 1.165) is 70.6 Å². The number of carbonyl (C=O) groups is 3. The highest BCUT2D eigenvalue weighted by Crippen LogP contribution is 2.15. The molecule has 0 aliphatic rings. The van der Waals surface area contributed by atoms with Gasteiger partial charge in [-0.05, 0) is 38.5 Å². The van der Waals surface area contributed by atoms with Crippen LogP contribution in [0.15, 0.2) is 72.9 Å². The fourth-order valence-electron chi connectivity index (χ4n) is 6.89. The molecule has 6 nitrogen and oxygen atoms in total. The highest BCUT2D eigenvalue weighted by atomic mass is 16.6. The molecule has 0 aliphatic carbocycles. The molecule has 1 atom stereocenters. The zero-order chi connectivity index (χ0) is 43.7.